The molecule has 1 aromatic carbocycles. The molecule has 22 heavy (non-hydrogen) atoms. The summed E-state index contributed by atoms with van der Waals surface area (Å²) in [4.78, 5) is 12.2. The van der Waals surface area contributed by atoms with Crippen LogP contribution in [0.3, 0.4) is 0 Å². The van der Waals surface area contributed by atoms with Crippen LogP contribution in [0.1, 0.15) is 16.1 Å². The third kappa shape index (κ3) is 4.41. The van der Waals surface area contributed by atoms with Gasteiger partial charge in [0.2, 0.25) is 0 Å². The third-order valence-electron chi connectivity index (χ3n) is 3.23. The number of rotatable bonds is 8. The lowest BCUT2D eigenvalue weighted by atomic mass is 10.2. The second kappa shape index (κ2) is 8.31. The van der Waals surface area contributed by atoms with Crippen LogP contribution >= 0.6 is 0 Å². The molecule has 0 spiro atoms. The van der Waals surface area contributed by atoms with Gasteiger partial charge in [-0.3, -0.25) is 4.79 Å². The van der Waals surface area contributed by atoms with Crippen LogP contribution in [0.2, 0.25) is 0 Å². The van der Waals surface area contributed by atoms with E-state index in [-0.39, 0.29) is 5.91 Å². The zero-order valence-electron chi connectivity index (χ0n) is 13.0. The highest BCUT2D eigenvalue weighted by Crippen LogP contribution is 2.11. The molecule has 0 saturated carbocycles. The lowest BCUT2D eigenvalue weighted by molar-refractivity contribution is 0.0953. The summed E-state index contributed by atoms with van der Waals surface area (Å²) in [5.74, 6) is -0.103. The number of hydrogen-bond acceptors (Lipinski definition) is 4. The SMILES string of the molecule is COCCNCCNC(=O)c1cn(-c2ccccc2)nc1C. The molecule has 2 N–H and O–H groups in total. The number of aromatic nitrogens is 2. The van der Waals surface area contributed by atoms with Crippen molar-refractivity contribution in [1.29, 1.82) is 0 Å². The van der Waals surface area contributed by atoms with Crippen molar-refractivity contribution in [3.8, 4) is 5.69 Å². The minimum atomic E-state index is -0.103. The Morgan fingerprint density at radius 2 is 2.00 bits per heavy atom. The first kappa shape index (κ1) is 16.2. The Morgan fingerprint density at radius 3 is 2.73 bits per heavy atom. The van der Waals surface area contributed by atoms with Crippen molar-refractivity contribution in [2.24, 2.45) is 0 Å². The molecule has 1 heterocycles. The Hall–Kier alpha value is -2.18. The Labute approximate surface area is 130 Å². The predicted molar refractivity (Wildman–Crippen MR) is 85.4 cm³/mol. The van der Waals surface area contributed by atoms with Crippen LogP contribution in [0.5, 0.6) is 0 Å². The Bertz CT molecular complexity index is 595. The second-order valence-corrected chi connectivity index (χ2v) is 4.91. The van der Waals surface area contributed by atoms with E-state index in [1.807, 2.05) is 37.3 Å². The second-order valence-electron chi connectivity index (χ2n) is 4.91. The number of hydrogen-bond donors (Lipinski definition) is 2. The fourth-order valence-electron chi connectivity index (χ4n) is 2.05. The molecule has 1 amide bonds. The molecule has 0 unspecified atom stereocenters. The standard InChI is InChI=1S/C16H22N4O2/c1-13-15(16(21)18-9-8-17-10-11-22-2)12-20(19-13)14-6-4-3-5-7-14/h3-7,12,17H,8-11H2,1-2H3,(H,18,21). The number of nitrogens with zero attached hydrogens (tertiary/aromatic N) is 2. The fraction of sp³-hybridized carbons (Fsp3) is 0.375. The topological polar surface area (TPSA) is 68.2 Å². The normalized spacial score (nSPS) is 10.6. The van der Waals surface area contributed by atoms with Crippen molar-refractivity contribution in [3.05, 3.63) is 47.8 Å². The van der Waals surface area contributed by atoms with E-state index in [0.717, 1.165) is 12.2 Å². The molecule has 0 bridgehead atoms. The van der Waals surface area contributed by atoms with Crippen LogP contribution in [0.4, 0.5) is 0 Å². The van der Waals surface area contributed by atoms with Gasteiger partial charge < -0.3 is 15.4 Å². The predicted octanol–water partition coefficient (Wildman–Crippen LogP) is 1.15. The van der Waals surface area contributed by atoms with Gasteiger partial charge in [-0.15, -0.1) is 0 Å². The van der Waals surface area contributed by atoms with E-state index in [4.69, 9.17) is 4.74 Å². The molecular weight excluding hydrogens is 280 g/mol. The van der Waals surface area contributed by atoms with E-state index in [2.05, 4.69) is 15.7 Å². The van der Waals surface area contributed by atoms with E-state index in [1.54, 1.807) is 18.0 Å². The first-order chi connectivity index (χ1) is 10.7. The van der Waals surface area contributed by atoms with Crippen LogP contribution in [0.15, 0.2) is 36.5 Å². The summed E-state index contributed by atoms with van der Waals surface area (Å²) >= 11 is 0. The molecule has 118 valence electrons. The molecule has 6 nitrogen and oxygen atoms in total. The van der Waals surface area contributed by atoms with Crippen LogP contribution in [-0.2, 0) is 4.74 Å². The highest BCUT2D eigenvalue weighted by molar-refractivity contribution is 5.95. The molecule has 0 aliphatic carbocycles. The molecular formula is C16H22N4O2. The van der Waals surface area contributed by atoms with Gasteiger partial charge in [0, 0.05) is 32.9 Å². The number of ether oxygens (including phenoxy) is 1. The van der Waals surface area contributed by atoms with Gasteiger partial charge in [-0.05, 0) is 19.1 Å². The summed E-state index contributed by atoms with van der Waals surface area (Å²) in [5.41, 5.74) is 2.25. The van der Waals surface area contributed by atoms with E-state index < -0.39 is 0 Å². The summed E-state index contributed by atoms with van der Waals surface area (Å²) < 4.78 is 6.66. The zero-order chi connectivity index (χ0) is 15.8. The Kier molecular flexibility index (Phi) is 6.12. The summed E-state index contributed by atoms with van der Waals surface area (Å²) in [6, 6.07) is 9.74. The number of carbonyl (C=O) groups is 1. The molecule has 0 fully saturated rings. The van der Waals surface area contributed by atoms with Gasteiger partial charge in [0.1, 0.15) is 0 Å². The number of methoxy groups -OCH3 is 1. The summed E-state index contributed by atoms with van der Waals surface area (Å²) in [6.07, 6.45) is 1.76. The smallest absolute Gasteiger partial charge is 0.254 e. The summed E-state index contributed by atoms with van der Waals surface area (Å²) in [7, 11) is 1.66. The zero-order valence-corrected chi connectivity index (χ0v) is 13.0. The van der Waals surface area contributed by atoms with Crippen LogP contribution in [0, 0.1) is 6.92 Å². The molecule has 2 aromatic rings. The van der Waals surface area contributed by atoms with Crippen molar-refractivity contribution in [2.45, 2.75) is 6.92 Å². The first-order valence-electron chi connectivity index (χ1n) is 7.32. The van der Waals surface area contributed by atoms with E-state index >= 15 is 0 Å². The maximum Gasteiger partial charge on any atom is 0.254 e. The molecule has 0 radical (unpaired) electrons. The molecule has 6 heteroatoms. The van der Waals surface area contributed by atoms with Crippen molar-refractivity contribution in [2.75, 3.05) is 33.4 Å². The van der Waals surface area contributed by atoms with Crippen LogP contribution < -0.4 is 10.6 Å². The summed E-state index contributed by atoms with van der Waals surface area (Å²) in [6.45, 7) is 4.55. The number of aryl methyl sites for hydroxylation is 1. The third-order valence-corrected chi connectivity index (χ3v) is 3.23. The maximum atomic E-state index is 12.2. The minimum absolute atomic E-state index is 0.103. The van der Waals surface area contributed by atoms with Gasteiger partial charge >= 0.3 is 0 Å². The van der Waals surface area contributed by atoms with Crippen LogP contribution in [-0.4, -0.2) is 49.0 Å². The average Bonchev–Trinajstić information content (AvgIpc) is 2.93. The summed E-state index contributed by atoms with van der Waals surface area (Å²) in [5, 5.41) is 10.5. The van der Waals surface area contributed by atoms with E-state index in [1.165, 1.54) is 0 Å². The van der Waals surface area contributed by atoms with Gasteiger partial charge in [-0.2, -0.15) is 5.10 Å². The van der Waals surface area contributed by atoms with Gasteiger partial charge in [-0.25, -0.2) is 4.68 Å². The van der Waals surface area contributed by atoms with Gasteiger partial charge in [0.15, 0.2) is 0 Å². The Balaban J connectivity index is 1.89. The molecule has 2 rings (SSSR count). The average molecular weight is 302 g/mol. The van der Waals surface area contributed by atoms with Crippen LogP contribution in [0.25, 0.3) is 5.69 Å². The van der Waals surface area contributed by atoms with E-state index in [0.29, 0.717) is 31.0 Å². The van der Waals surface area contributed by atoms with Gasteiger partial charge in [-0.1, -0.05) is 18.2 Å². The highest BCUT2D eigenvalue weighted by Gasteiger charge is 2.13. The van der Waals surface area contributed by atoms with Gasteiger partial charge in [0.25, 0.3) is 5.91 Å². The van der Waals surface area contributed by atoms with Crippen molar-refractivity contribution < 1.29 is 9.53 Å². The lowest BCUT2D eigenvalue weighted by Crippen LogP contribution is -2.33. The molecule has 0 aliphatic rings. The first-order valence-corrected chi connectivity index (χ1v) is 7.32. The molecule has 1 aromatic heterocycles. The van der Waals surface area contributed by atoms with Crippen molar-refractivity contribution >= 4 is 5.91 Å². The lowest BCUT2D eigenvalue weighted by Gasteiger charge is -2.05. The fourth-order valence-corrected chi connectivity index (χ4v) is 2.05. The molecule has 0 aliphatic heterocycles. The van der Waals surface area contributed by atoms with Crippen molar-refractivity contribution in [3.63, 3.8) is 0 Å². The molecule has 0 atom stereocenters. The minimum Gasteiger partial charge on any atom is -0.383 e. The largest absolute Gasteiger partial charge is 0.383 e. The quantitative estimate of drug-likeness (QED) is 0.718. The monoisotopic (exact) mass is 302 g/mol. The number of benzene rings is 1. The number of carbonyl (C=O) groups excluding carboxylic acids is 1. The Morgan fingerprint density at radius 1 is 1.23 bits per heavy atom. The molecule has 0 saturated heterocycles. The number of amides is 1. The van der Waals surface area contributed by atoms with E-state index in [9.17, 15) is 4.79 Å². The number of nitrogens with one attached hydrogen (secondary N) is 2. The van der Waals surface area contributed by atoms with Crippen molar-refractivity contribution in [1.82, 2.24) is 20.4 Å². The number of para-hydroxylation sites is 1. The maximum absolute atomic E-state index is 12.2. The van der Waals surface area contributed by atoms with Gasteiger partial charge in [0.05, 0.1) is 23.6 Å². The highest BCUT2D eigenvalue weighted by atomic mass is 16.5.